The molecule has 0 aliphatic carbocycles. The highest BCUT2D eigenvalue weighted by Crippen LogP contribution is 2.21. The zero-order valence-electron chi connectivity index (χ0n) is 12.9. The van der Waals surface area contributed by atoms with Crippen LogP contribution in [-0.2, 0) is 6.54 Å². The fourth-order valence-electron chi connectivity index (χ4n) is 2.48. The Kier molecular flexibility index (Phi) is 3.58. The molecule has 0 saturated carbocycles. The van der Waals surface area contributed by atoms with Crippen LogP contribution in [0.25, 0.3) is 16.7 Å². The van der Waals surface area contributed by atoms with Crippen molar-refractivity contribution in [1.82, 2.24) is 29.9 Å². The standard InChI is InChI=1S/C16H13N7O2/c24-16(25)13-6-10(21-22-13)7-17-14-12-8-20-23(15(12)19-9-18-14)11-4-2-1-3-5-11/h1-6,8-9H,7H2,(H,21,22)(H,24,25)(H,17,18,19). The Bertz CT molecular complexity index is 1040. The van der Waals surface area contributed by atoms with Crippen LogP contribution in [0, 0.1) is 0 Å². The summed E-state index contributed by atoms with van der Waals surface area (Å²) >= 11 is 0. The number of rotatable bonds is 5. The summed E-state index contributed by atoms with van der Waals surface area (Å²) in [5.41, 5.74) is 2.20. The normalized spacial score (nSPS) is 10.9. The molecule has 3 N–H and O–H groups in total. The van der Waals surface area contributed by atoms with E-state index in [1.54, 1.807) is 10.9 Å². The number of carboxylic acid groups (broad SMARTS) is 1. The van der Waals surface area contributed by atoms with Crippen LogP contribution < -0.4 is 5.32 Å². The topological polar surface area (TPSA) is 122 Å². The smallest absolute Gasteiger partial charge is 0.356 e. The van der Waals surface area contributed by atoms with Crippen LogP contribution in [0.3, 0.4) is 0 Å². The van der Waals surface area contributed by atoms with E-state index in [2.05, 4.69) is 30.6 Å². The van der Waals surface area contributed by atoms with E-state index in [-0.39, 0.29) is 5.69 Å². The first kappa shape index (κ1) is 14.8. The first-order chi connectivity index (χ1) is 12.2. The van der Waals surface area contributed by atoms with Crippen LogP contribution in [0.15, 0.2) is 48.9 Å². The predicted molar refractivity (Wildman–Crippen MR) is 89.5 cm³/mol. The van der Waals surface area contributed by atoms with Crippen LogP contribution in [-0.4, -0.2) is 41.0 Å². The molecule has 3 heterocycles. The van der Waals surface area contributed by atoms with Gasteiger partial charge in [-0.2, -0.15) is 10.2 Å². The monoisotopic (exact) mass is 335 g/mol. The largest absolute Gasteiger partial charge is 0.476 e. The number of hydrogen-bond donors (Lipinski definition) is 3. The number of aromatic carboxylic acids is 1. The number of para-hydroxylation sites is 1. The maximum atomic E-state index is 10.9. The molecule has 0 amide bonds. The highest BCUT2D eigenvalue weighted by Gasteiger charge is 2.12. The number of carbonyl (C=O) groups is 1. The van der Waals surface area contributed by atoms with Gasteiger partial charge in [-0.1, -0.05) is 18.2 Å². The molecule has 0 fully saturated rings. The third kappa shape index (κ3) is 2.78. The van der Waals surface area contributed by atoms with E-state index >= 15 is 0 Å². The van der Waals surface area contributed by atoms with Crippen LogP contribution >= 0.6 is 0 Å². The number of benzene rings is 1. The molecule has 3 aromatic heterocycles. The van der Waals surface area contributed by atoms with E-state index in [0.29, 0.717) is 23.7 Å². The molecule has 0 bridgehead atoms. The van der Waals surface area contributed by atoms with Crippen molar-refractivity contribution >= 4 is 22.8 Å². The minimum Gasteiger partial charge on any atom is -0.476 e. The molecule has 0 spiro atoms. The molecule has 4 rings (SSSR count). The summed E-state index contributed by atoms with van der Waals surface area (Å²) in [7, 11) is 0. The van der Waals surface area contributed by atoms with E-state index in [0.717, 1.165) is 11.1 Å². The van der Waals surface area contributed by atoms with Crippen molar-refractivity contribution < 1.29 is 9.90 Å². The summed E-state index contributed by atoms with van der Waals surface area (Å²) in [5.74, 6) is -0.463. The molecular weight excluding hydrogens is 322 g/mol. The fraction of sp³-hybridized carbons (Fsp3) is 0.0625. The average molecular weight is 335 g/mol. The van der Waals surface area contributed by atoms with Crippen molar-refractivity contribution in [3.63, 3.8) is 0 Å². The second kappa shape index (κ2) is 6.04. The fourth-order valence-corrected chi connectivity index (χ4v) is 2.48. The van der Waals surface area contributed by atoms with Gasteiger partial charge in [-0.3, -0.25) is 5.10 Å². The Hall–Kier alpha value is -3.75. The SMILES string of the molecule is O=C(O)c1cc(CNc2ncnc3c2cnn3-c2ccccc2)[nH]n1. The van der Waals surface area contributed by atoms with Gasteiger partial charge in [0.15, 0.2) is 11.3 Å². The van der Waals surface area contributed by atoms with Crippen molar-refractivity contribution in [2.75, 3.05) is 5.32 Å². The lowest BCUT2D eigenvalue weighted by molar-refractivity contribution is 0.0690. The van der Waals surface area contributed by atoms with Crippen LogP contribution in [0.5, 0.6) is 0 Å². The third-order valence-electron chi connectivity index (χ3n) is 3.66. The van der Waals surface area contributed by atoms with Gasteiger partial charge in [0.05, 0.1) is 29.5 Å². The molecule has 9 heteroatoms. The summed E-state index contributed by atoms with van der Waals surface area (Å²) in [4.78, 5) is 19.4. The number of hydrogen-bond acceptors (Lipinski definition) is 6. The second-order valence-corrected chi connectivity index (χ2v) is 5.29. The number of H-pyrrole nitrogens is 1. The lowest BCUT2D eigenvalue weighted by atomic mass is 10.3. The number of carboxylic acids is 1. The first-order valence-corrected chi connectivity index (χ1v) is 7.48. The molecule has 0 unspecified atom stereocenters. The number of nitrogens with one attached hydrogen (secondary N) is 2. The molecule has 0 radical (unpaired) electrons. The number of fused-ring (bicyclic) bond motifs is 1. The van der Waals surface area contributed by atoms with Crippen LogP contribution in [0.2, 0.25) is 0 Å². The minimum atomic E-state index is -1.07. The van der Waals surface area contributed by atoms with E-state index < -0.39 is 5.97 Å². The highest BCUT2D eigenvalue weighted by atomic mass is 16.4. The molecule has 124 valence electrons. The molecule has 25 heavy (non-hydrogen) atoms. The van der Waals surface area contributed by atoms with Crippen molar-refractivity contribution in [2.24, 2.45) is 0 Å². The molecule has 0 atom stereocenters. The zero-order valence-corrected chi connectivity index (χ0v) is 12.9. The van der Waals surface area contributed by atoms with Crippen molar-refractivity contribution in [3.8, 4) is 5.69 Å². The molecule has 0 saturated heterocycles. The predicted octanol–water partition coefficient (Wildman–Crippen LogP) is 1.85. The molecule has 0 aliphatic rings. The first-order valence-electron chi connectivity index (χ1n) is 7.48. The average Bonchev–Trinajstić information content (AvgIpc) is 3.28. The number of aromatic amines is 1. The van der Waals surface area contributed by atoms with Crippen molar-refractivity contribution in [3.05, 3.63) is 60.3 Å². The van der Waals surface area contributed by atoms with Gasteiger partial charge in [-0.15, -0.1) is 0 Å². The third-order valence-corrected chi connectivity index (χ3v) is 3.66. The van der Waals surface area contributed by atoms with Gasteiger partial charge in [0.1, 0.15) is 12.1 Å². The Morgan fingerprint density at radius 1 is 1.24 bits per heavy atom. The Morgan fingerprint density at radius 3 is 2.84 bits per heavy atom. The Morgan fingerprint density at radius 2 is 2.08 bits per heavy atom. The van der Waals surface area contributed by atoms with Crippen molar-refractivity contribution in [1.29, 1.82) is 0 Å². The van der Waals surface area contributed by atoms with Crippen LogP contribution in [0.4, 0.5) is 5.82 Å². The summed E-state index contributed by atoms with van der Waals surface area (Å²) in [6.07, 6.45) is 3.15. The Labute approximate surface area is 141 Å². The maximum Gasteiger partial charge on any atom is 0.356 e. The van der Waals surface area contributed by atoms with Gasteiger partial charge < -0.3 is 10.4 Å². The minimum absolute atomic E-state index is 0.0264. The van der Waals surface area contributed by atoms with Gasteiger partial charge in [0.2, 0.25) is 0 Å². The second-order valence-electron chi connectivity index (χ2n) is 5.29. The molecule has 0 aliphatic heterocycles. The van der Waals surface area contributed by atoms with E-state index in [1.807, 2.05) is 30.3 Å². The van der Waals surface area contributed by atoms with Gasteiger partial charge in [0, 0.05) is 0 Å². The van der Waals surface area contributed by atoms with E-state index in [9.17, 15) is 4.79 Å². The summed E-state index contributed by atoms with van der Waals surface area (Å²) in [6.45, 7) is 0.350. The lowest BCUT2D eigenvalue weighted by Crippen LogP contribution is -2.03. The number of anilines is 1. The molecule has 4 aromatic rings. The molecular formula is C16H13N7O2. The number of aromatic nitrogens is 6. The number of nitrogens with zero attached hydrogens (tertiary/aromatic N) is 5. The zero-order chi connectivity index (χ0) is 17.2. The van der Waals surface area contributed by atoms with Gasteiger partial charge >= 0.3 is 5.97 Å². The quantitative estimate of drug-likeness (QED) is 0.509. The van der Waals surface area contributed by atoms with Gasteiger partial charge in [0.25, 0.3) is 0 Å². The summed E-state index contributed by atoms with van der Waals surface area (Å²) < 4.78 is 1.74. The molecule has 1 aromatic carbocycles. The summed E-state index contributed by atoms with van der Waals surface area (Å²) in [5, 5.41) is 23.6. The van der Waals surface area contributed by atoms with Crippen LogP contribution in [0.1, 0.15) is 16.2 Å². The summed E-state index contributed by atoms with van der Waals surface area (Å²) in [6, 6.07) is 11.2. The molecule has 9 nitrogen and oxygen atoms in total. The van der Waals surface area contributed by atoms with Crippen molar-refractivity contribution in [2.45, 2.75) is 6.54 Å². The van der Waals surface area contributed by atoms with E-state index in [1.165, 1.54) is 12.4 Å². The van der Waals surface area contributed by atoms with Gasteiger partial charge in [-0.05, 0) is 18.2 Å². The van der Waals surface area contributed by atoms with Gasteiger partial charge in [-0.25, -0.2) is 19.4 Å². The van der Waals surface area contributed by atoms with E-state index in [4.69, 9.17) is 5.11 Å². The maximum absolute atomic E-state index is 10.9. The highest BCUT2D eigenvalue weighted by molar-refractivity contribution is 5.87. The lowest BCUT2D eigenvalue weighted by Gasteiger charge is -2.05. The Balaban J connectivity index is 1.62.